The SMILES string of the molecule is COCCOC1(c2ccc(Br)cc2)COC1. The minimum absolute atomic E-state index is 0.265. The molecule has 0 spiro atoms. The summed E-state index contributed by atoms with van der Waals surface area (Å²) in [6, 6.07) is 8.18. The van der Waals surface area contributed by atoms with Gasteiger partial charge in [0.05, 0.1) is 26.4 Å². The van der Waals surface area contributed by atoms with Crippen molar-refractivity contribution in [2.75, 3.05) is 33.5 Å². The number of halogens is 1. The van der Waals surface area contributed by atoms with E-state index in [2.05, 4.69) is 28.1 Å². The van der Waals surface area contributed by atoms with E-state index in [4.69, 9.17) is 14.2 Å². The van der Waals surface area contributed by atoms with Crippen molar-refractivity contribution < 1.29 is 14.2 Å². The highest BCUT2D eigenvalue weighted by atomic mass is 79.9. The van der Waals surface area contributed by atoms with Crippen molar-refractivity contribution in [3.8, 4) is 0 Å². The van der Waals surface area contributed by atoms with Gasteiger partial charge >= 0.3 is 0 Å². The predicted molar refractivity (Wildman–Crippen MR) is 64.5 cm³/mol. The molecule has 1 aliphatic heterocycles. The molecule has 1 saturated heterocycles. The summed E-state index contributed by atoms with van der Waals surface area (Å²) in [6.45, 7) is 2.45. The average Bonchev–Trinajstić information content (AvgIpc) is 2.24. The van der Waals surface area contributed by atoms with Gasteiger partial charge in [0.25, 0.3) is 0 Å². The van der Waals surface area contributed by atoms with Gasteiger partial charge in [-0.15, -0.1) is 0 Å². The van der Waals surface area contributed by atoms with Gasteiger partial charge in [0, 0.05) is 11.6 Å². The summed E-state index contributed by atoms with van der Waals surface area (Å²) in [6.07, 6.45) is 0. The van der Waals surface area contributed by atoms with Gasteiger partial charge in [0.15, 0.2) is 0 Å². The lowest BCUT2D eigenvalue weighted by molar-refractivity contribution is -0.220. The summed E-state index contributed by atoms with van der Waals surface area (Å²) >= 11 is 3.42. The Morgan fingerprint density at radius 3 is 2.44 bits per heavy atom. The van der Waals surface area contributed by atoms with E-state index in [1.165, 1.54) is 0 Å². The van der Waals surface area contributed by atoms with Crippen LogP contribution in [0.2, 0.25) is 0 Å². The lowest BCUT2D eigenvalue weighted by Crippen LogP contribution is -2.49. The summed E-state index contributed by atoms with van der Waals surface area (Å²) in [7, 11) is 1.67. The van der Waals surface area contributed by atoms with Crippen molar-refractivity contribution in [1.29, 1.82) is 0 Å². The average molecular weight is 287 g/mol. The third-order valence-electron chi connectivity index (χ3n) is 2.71. The molecule has 0 saturated carbocycles. The Hall–Kier alpha value is -0.420. The number of methoxy groups -OCH3 is 1. The molecule has 0 unspecified atom stereocenters. The summed E-state index contributed by atoms with van der Waals surface area (Å²) in [5, 5.41) is 0. The fourth-order valence-electron chi connectivity index (χ4n) is 1.69. The molecule has 0 aliphatic carbocycles. The zero-order valence-corrected chi connectivity index (χ0v) is 10.8. The molecule has 4 heteroatoms. The van der Waals surface area contributed by atoms with E-state index in [0.29, 0.717) is 26.4 Å². The number of ether oxygens (including phenoxy) is 3. The van der Waals surface area contributed by atoms with Gasteiger partial charge in [0.2, 0.25) is 0 Å². The highest BCUT2D eigenvalue weighted by Crippen LogP contribution is 2.34. The predicted octanol–water partition coefficient (Wildman–Crippen LogP) is 2.34. The molecule has 0 bridgehead atoms. The molecule has 16 heavy (non-hydrogen) atoms. The van der Waals surface area contributed by atoms with E-state index in [1.807, 2.05) is 12.1 Å². The highest BCUT2D eigenvalue weighted by Gasteiger charge is 2.41. The second-order valence-electron chi connectivity index (χ2n) is 3.84. The Morgan fingerprint density at radius 1 is 1.25 bits per heavy atom. The van der Waals surface area contributed by atoms with E-state index in [1.54, 1.807) is 7.11 Å². The standard InChI is InChI=1S/C12H15BrO3/c1-14-6-7-16-12(8-15-9-12)10-2-4-11(13)5-3-10/h2-5H,6-9H2,1H3. The van der Waals surface area contributed by atoms with E-state index < -0.39 is 0 Å². The molecule has 1 heterocycles. The smallest absolute Gasteiger partial charge is 0.140 e. The normalized spacial score (nSPS) is 18.1. The second kappa shape index (κ2) is 5.27. The Balaban J connectivity index is 2.05. The summed E-state index contributed by atoms with van der Waals surface area (Å²) in [5.41, 5.74) is 0.900. The molecule has 1 aromatic rings. The van der Waals surface area contributed by atoms with Gasteiger partial charge in [-0.25, -0.2) is 0 Å². The zero-order chi connectivity index (χ0) is 11.4. The molecule has 0 atom stereocenters. The minimum Gasteiger partial charge on any atom is -0.382 e. The zero-order valence-electron chi connectivity index (χ0n) is 9.24. The monoisotopic (exact) mass is 286 g/mol. The van der Waals surface area contributed by atoms with E-state index in [0.717, 1.165) is 10.0 Å². The van der Waals surface area contributed by atoms with Crippen molar-refractivity contribution in [3.05, 3.63) is 34.3 Å². The number of rotatable bonds is 5. The molecule has 1 fully saturated rings. The lowest BCUT2D eigenvalue weighted by atomic mass is 9.92. The quantitative estimate of drug-likeness (QED) is 0.778. The first-order chi connectivity index (χ1) is 7.77. The molecule has 0 radical (unpaired) electrons. The Morgan fingerprint density at radius 2 is 1.94 bits per heavy atom. The molecule has 0 N–H and O–H groups in total. The van der Waals surface area contributed by atoms with Gasteiger partial charge in [-0.1, -0.05) is 28.1 Å². The topological polar surface area (TPSA) is 27.7 Å². The molecule has 1 aromatic carbocycles. The van der Waals surface area contributed by atoms with Gasteiger partial charge in [0.1, 0.15) is 5.60 Å². The maximum atomic E-state index is 5.87. The summed E-state index contributed by atoms with van der Waals surface area (Å²) in [4.78, 5) is 0. The minimum atomic E-state index is -0.265. The van der Waals surface area contributed by atoms with Crippen LogP contribution in [0.4, 0.5) is 0 Å². The molecular weight excluding hydrogens is 272 g/mol. The van der Waals surface area contributed by atoms with Crippen LogP contribution in [0, 0.1) is 0 Å². The van der Waals surface area contributed by atoms with E-state index in [9.17, 15) is 0 Å². The molecule has 0 aromatic heterocycles. The lowest BCUT2D eigenvalue weighted by Gasteiger charge is -2.41. The molecule has 2 rings (SSSR count). The Bertz CT molecular complexity index is 333. The van der Waals surface area contributed by atoms with Crippen LogP contribution in [0.5, 0.6) is 0 Å². The first kappa shape index (κ1) is 12.0. The second-order valence-corrected chi connectivity index (χ2v) is 4.75. The Kier molecular flexibility index (Phi) is 3.97. The van der Waals surface area contributed by atoms with Crippen molar-refractivity contribution >= 4 is 15.9 Å². The van der Waals surface area contributed by atoms with E-state index >= 15 is 0 Å². The fraction of sp³-hybridized carbons (Fsp3) is 0.500. The van der Waals surface area contributed by atoms with Crippen LogP contribution >= 0.6 is 15.9 Å². The first-order valence-corrected chi connectivity index (χ1v) is 6.03. The summed E-state index contributed by atoms with van der Waals surface area (Å²) in [5.74, 6) is 0. The molecular formula is C12H15BrO3. The van der Waals surface area contributed by atoms with Crippen molar-refractivity contribution in [1.82, 2.24) is 0 Å². The number of hydrogen-bond donors (Lipinski definition) is 0. The van der Waals surface area contributed by atoms with Crippen LogP contribution in [-0.2, 0) is 19.8 Å². The van der Waals surface area contributed by atoms with Gasteiger partial charge < -0.3 is 14.2 Å². The Labute approximate surface area is 104 Å². The van der Waals surface area contributed by atoms with Crippen LogP contribution < -0.4 is 0 Å². The van der Waals surface area contributed by atoms with Crippen LogP contribution in [0.3, 0.4) is 0 Å². The van der Waals surface area contributed by atoms with E-state index in [-0.39, 0.29) is 5.60 Å². The fourth-order valence-corrected chi connectivity index (χ4v) is 1.96. The van der Waals surface area contributed by atoms with Gasteiger partial charge in [-0.3, -0.25) is 0 Å². The maximum absolute atomic E-state index is 5.87. The van der Waals surface area contributed by atoms with Crippen LogP contribution in [-0.4, -0.2) is 33.5 Å². The van der Waals surface area contributed by atoms with Crippen LogP contribution in [0.15, 0.2) is 28.7 Å². The molecule has 1 aliphatic rings. The highest BCUT2D eigenvalue weighted by molar-refractivity contribution is 9.10. The van der Waals surface area contributed by atoms with Crippen LogP contribution in [0.1, 0.15) is 5.56 Å². The third kappa shape index (κ3) is 2.46. The van der Waals surface area contributed by atoms with Crippen molar-refractivity contribution in [3.63, 3.8) is 0 Å². The first-order valence-electron chi connectivity index (χ1n) is 5.23. The molecule has 3 nitrogen and oxygen atoms in total. The number of hydrogen-bond acceptors (Lipinski definition) is 3. The maximum Gasteiger partial charge on any atom is 0.140 e. The van der Waals surface area contributed by atoms with Gasteiger partial charge in [-0.05, 0) is 17.7 Å². The molecule has 88 valence electrons. The van der Waals surface area contributed by atoms with Crippen LogP contribution in [0.25, 0.3) is 0 Å². The largest absolute Gasteiger partial charge is 0.382 e. The molecule has 0 amide bonds. The van der Waals surface area contributed by atoms with Gasteiger partial charge in [-0.2, -0.15) is 0 Å². The van der Waals surface area contributed by atoms with Crippen molar-refractivity contribution in [2.24, 2.45) is 0 Å². The third-order valence-corrected chi connectivity index (χ3v) is 3.24. The van der Waals surface area contributed by atoms with Crippen molar-refractivity contribution in [2.45, 2.75) is 5.60 Å². The summed E-state index contributed by atoms with van der Waals surface area (Å²) < 4.78 is 17.2. The number of benzene rings is 1.